The molecule has 0 aromatic heterocycles. The van der Waals surface area contributed by atoms with Crippen molar-refractivity contribution in [1.29, 1.82) is 0 Å². The van der Waals surface area contributed by atoms with Crippen LogP contribution in [0, 0.1) is 0 Å². The summed E-state index contributed by atoms with van der Waals surface area (Å²) in [6, 6.07) is 0. The van der Waals surface area contributed by atoms with E-state index in [2.05, 4.69) is 11.6 Å². The van der Waals surface area contributed by atoms with E-state index in [1.807, 2.05) is 4.90 Å². The van der Waals surface area contributed by atoms with Crippen molar-refractivity contribution in [2.45, 2.75) is 0 Å². The van der Waals surface area contributed by atoms with Crippen molar-refractivity contribution in [1.82, 2.24) is 4.90 Å². The first-order valence-electron chi connectivity index (χ1n) is 3.86. The summed E-state index contributed by atoms with van der Waals surface area (Å²) < 4.78 is 4.79. The molecule has 66 valence electrons. The van der Waals surface area contributed by atoms with Crippen LogP contribution in [-0.4, -0.2) is 43.4 Å². The minimum atomic E-state index is -0.369. The third-order valence-corrected chi connectivity index (χ3v) is 1.55. The largest absolute Gasteiger partial charge is 0.461 e. The summed E-state index contributed by atoms with van der Waals surface area (Å²) in [4.78, 5) is 16.6. The Bertz CT molecular complexity index is 201. The maximum atomic E-state index is 10.6. The SMILES string of the molecule is C=CC(=O)OCCN1C=NCC1. The molecule has 0 amide bonds. The van der Waals surface area contributed by atoms with Crippen molar-refractivity contribution in [3.63, 3.8) is 0 Å². The van der Waals surface area contributed by atoms with Gasteiger partial charge in [-0.2, -0.15) is 0 Å². The van der Waals surface area contributed by atoms with Gasteiger partial charge >= 0.3 is 5.97 Å². The number of aliphatic imine (C=N–C) groups is 1. The van der Waals surface area contributed by atoms with Crippen LogP contribution in [0.2, 0.25) is 0 Å². The van der Waals surface area contributed by atoms with Crippen LogP contribution in [0.1, 0.15) is 0 Å². The topological polar surface area (TPSA) is 41.9 Å². The zero-order valence-corrected chi connectivity index (χ0v) is 6.90. The van der Waals surface area contributed by atoms with Crippen LogP contribution in [0.5, 0.6) is 0 Å². The second kappa shape index (κ2) is 4.54. The van der Waals surface area contributed by atoms with Crippen molar-refractivity contribution in [3.05, 3.63) is 12.7 Å². The zero-order valence-electron chi connectivity index (χ0n) is 6.90. The first-order chi connectivity index (χ1) is 5.83. The number of hydrogen-bond donors (Lipinski definition) is 0. The number of nitrogens with zero attached hydrogens (tertiary/aromatic N) is 2. The molecular formula is C8H12N2O2. The number of esters is 1. The Balaban J connectivity index is 2.05. The lowest BCUT2D eigenvalue weighted by Crippen LogP contribution is -2.25. The number of carbonyl (C=O) groups is 1. The van der Waals surface area contributed by atoms with E-state index in [0.717, 1.165) is 19.2 Å². The van der Waals surface area contributed by atoms with Gasteiger partial charge in [-0.15, -0.1) is 0 Å². The zero-order chi connectivity index (χ0) is 8.81. The van der Waals surface area contributed by atoms with Crippen LogP contribution >= 0.6 is 0 Å². The number of ether oxygens (including phenoxy) is 1. The van der Waals surface area contributed by atoms with Gasteiger partial charge in [-0.25, -0.2) is 4.79 Å². The summed E-state index contributed by atoms with van der Waals surface area (Å²) in [5.74, 6) is -0.369. The quantitative estimate of drug-likeness (QED) is 0.440. The van der Waals surface area contributed by atoms with Gasteiger partial charge in [0.15, 0.2) is 0 Å². The molecule has 1 heterocycles. The summed E-state index contributed by atoms with van der Waals surface area (Å²) in [7, 11) is 0. The summed E-state index contributed by atoms with van der Waals surface area (Å²) in [6.07, 6.45) is 2.94. The minimum absolute atomic E-state index is 0.369. The lowest BCUT2D eigenvalue weighted by molar-refractivity contribution is -0.137. The van der Waals surface area contributed by atoms with Crippen LogP contribution in [0.4, 0.5) is 0 Å². The molecule has 0 aromatic carbocycles. The monoisotopic (exact) mass is 168 g/mol. The Morgan fingerprint density at radius 1 is 1.83 bits per heavy atom. The average molecular weight is 168 g/mol. The van der Waals surface area contributed by atoms with E-state index < -0.39 is 0 Å². The predicted molar refractivity (Wildman–Crippen MR) is 46.1 cm³/mol. The fourth-order valence-corrected chi connectivity index (χ4v) is 0.909. The number of hydrogen-bond acceptors (Lipinski definition) is 4. The molecule has 1 rings (SSSR count). The molecule has 0 aliphatic carbocycles. The first kappa shape index (κ1) is 8.77. The Kier molecular flexibility index (Phi) is 3.32. The average Bonchev–Trinajstić information content (AvgIpc) is 2.57. The molecule has 1 aliphatic heterocycles. The lowest BCUT2D eigenvalue weighted by Gasteiger charge is -2.12. The van der Waals surface area contributed by atoms with Crippen molar-refractivity contribution < 1.29 is 9.53 Å². The molecule has 0 spiro atoms. The van der Waals surface area contributed by atoms with E-state index in [0.29, 0.717) is 13.2 Å². The van der Waals surface area contributed by atoms with E-state index in [1.165, 1.54) is 0 Å². The minimum Gasteiger partial charge on any atom is -0.461 e. The van der Waals surface area contributed by atoms with E-state index in [4.69, 9.17) is 4.74 Å². The summed E-state index contributed by atoms with van der Waals surface area (Å²) in [6.45, 7) is 6.17. The Morgan fingerprint density at radius 2 is 2.67 bits per heavy atom. The fourth-order valence-electron chi connectivity index (χ4n) is 0.909. The Hall–Kier alpha value is -1.32. The van der Waals surface area contributed by atoms with Crippen LogP contribution in [0.25, 0.3) is 0 Å². The third-order valence-electron chi connectivity index (χ3n) is 1.55. The second-order valence-electron chi connectivity index (χ2n) is 2.43. The standard InChI is InChI=1S/C8H12N2O2/c1-2-8(11)12-6-5-10-4-3-9-7-10/h2,7H,1,3-6H2. The Labute approximate surface area is 71.5 Å². The van der Waals surface area contributed by atoms with Gasteiger partial charge in [0.1, 0.15) is 6.61 Å². The highest BCUT2D eigenvalue weighted by Gasteiger charge is 2.04. The van der Waals surface area contributed by atoms with Gasteiger partial charge in [0, 0.05) is 12.6 Å². The van der Waals surface area contributed by atoms with Crippen LogP contribution < -0.4 is 0 Å². The van der Waals surface area contributed by atoms with Gasteiger partial charge < -0.3 is 9.64 Å². The molecule has 4 heteroatoms. The van der Waals surface area contributed by atoms with Gasteiger partial charge in [-0.05, 0) is 0 Å². The summed E-state index contributed by atoms with van der Waals surface area (Å²) in [5.41, 5.74) is 0. The van der Waals surface area contributed by atoms with Gasteiger partial charge in [0.25, 0.3) is 0 Å². The van der Waals surface area contributed by atoms with Crippen LogP contribution in [0.15, 0.2) is 17.6 Å². The molecule has 0 saturated heterocycles. The van der Waals surface area contributed by atoms with Crippen LogP contribution in [0.3, 0.4) is 0 Å². The molecule has 12 heavy (non-hydrogen) atoms. The smallest absolute Gasteiger partial charge is 0.330 e. The maximum Gasteiger partial charge on any atom is 0.330 e. The lowest BCUT2D eigenvalue weighted by atomic mass is 10.5. The van der Waals surface area contributed by atoms with E-state index in [-0.39, 0.29) is 5.97 Å². The molecule has 0 fully saturated rings. The van der Waals surface area contributed by atoms with Gasteiger partial charge in [-0.3, -0.25) is 4.99 Å². The van der Waals surface area contributed by atoms with Gasteiger partial charge in [0.2, 0.25) is 0 Å². The molecule has 0 atom stereocenters. The first-order valence-corrected chi connectivity index (χ1v) is 3.86. The molecule has 0 N–H and O–H groups in total. The molecule has 0 bridgehead atoms. The van der Waals surface area contributed by atoms with Gasteiger partial charge in [-0.1, -0.05) is 6.58 Å². The van der Waals surface area contributed by atoms with Crippen molar-refractivity contribution >= 4 is 12.3 Å². The number of rotatable bonds is 4. The molecule has 0 aromatic rings. The molecule has 4 nitrogen and oxygen atoms in total. The Morgan fingerprint density at radius 3 is 3.25 bits per heavy atom. The van der Waals surface area contributed by atoms with E-state index >= 15 is 0 Å². The third kappa shape index (κ3) is 2.74. The van der Waals surface area contributed by atoms with E-state index in [9.17, 15) is 4.79 Å². The second-order valence-corrected chi connectivity index (χ2v) is 2.43. The fraction of sp³-hybridized carbons (Fsp3) is 0.500. The molecule has 0 saturated carbocycles. The van der Waals surface area contributed by atoms with Crippen molar-refractivity contribution in [2.75, 3.05) is 26.2 Å². The van der Waals surface area contributed by atoms with Crippen molar-refractivity contribution in [2.24, 2.45) is 4.99 Å². The highest BCUT2D eigenvalue weighted by Crippen LogP contribution is 1.92. The highest BCUT2D eigenvalue weighted by molar-refractivity contribution is 5.81. The van der Waals surface area contributed by atoms with Crippen LogP contribution in [-0.2, 0) is 9.53 Å². The highest BCUT2D eigenvalue weighted by atomic mass is 16.5. The molecule has 0 radical (unpaired) electrons. The maximum absolute atomic E-state index is 10.6. The number of carbonyl (C=O) groups excluding carboxylic acids is 1. The molecule has 0 unspecified atom stereocenters. The normalized spacial score (nSPS) is 14.8. The summed E-state index contributed by atoms with van der Waals surface area (Å²) in [5, 5.41) is 0. The van der Waals surface area contributed by atoms with Gasteiger partial charge in [0.05, 0.1) is 19.4 Å². The molecule has 1 aliphatic rings. The van der Waals surface area contributed by atoms with E-state index in [1.54, 1.807) is 6.34 Å². The summed E-state index contributed by atoms with van der Waals surface area (Å²) >= 11 is 0. The molecular weight excluding hydrogens is 156 g/mol. The van der Waals surface area contributed by atoms with Crippen molar-refractivity contribution in [3.8, 4) is 0 Å². The predicted octanol–water partition coefficient (Wildman–Crippen LogP) is 0.0595.